The van der Waals surface area contributed by atoms with Crippen LogP contribution in [0.3, 0.4) is 0 Å². The highest BCUT2D eigenvalue weighted by atomic mass is 16.5. The van der Waals surface area contributed by atoms with Gasteiger partial charge in [-0.3, -0.25) is 38.9 Å². The highest BCUT2D eigenvalue weighted by Crippen LogP contribution is 2.37. The summed E-state index contributed by atoms with van der Waals surface area (Å²) in [6, 6.07) is 14.3. The summed E-state index contributed by atoms with van der Waals surface area (Å²) in [5.74, 6) is -0.627. The molecule has 2 aliphatic carbocycles. The summed E-state index contributed by atoms with van der Waals surface area (Å²) in [7, 11) is 3.85. The number of hydrogen-bond acceptors (Lipinski definition) is 10. The molecule has 0 bridgehead atoms. The molecule has 1 saturated heterocycles. The Morgan fingerprint density at radius 2 is 1.67 bits per heavy atom. The molecule has 4 aliphatic rings. The Morgan fingerprint density at radius 3 is 2.40 bits per heavy atom. The molecule has 57 heavy (non-hydrogen) atoms. The maximum absolute atomic E-state index is 13.5. The van der Waals surface area contributed by atoms with E-state index in [0.29, 0.717) is 64.4 Å². The smallest absolute Gasteiger partial charge is 0.274 e. The van der Waals surface area contributed by atoms with E-state index >= 15 is 0 Å². The molecule has 298 valence electrons. The van der Waals surface area contributed by atoms with Crippen molar-refractivity contribution >= 4 is 51.8 Å². The number of carbonyl (C=O) groups is 5. The van der Waals surface area contributed by atoms with Crippen LogP contribution in [0, 0.1) is 18.8 Å². The predicted octanol–water partition coefficient (Wildman–Crippen LogP) is 5.74. The maximum atomic E-state index is 13.5. The van der Waals surface area contributed by atoms with Gasteiger partial charge in [0.2, 0.25) is 11.8 Å². The number of imide groups is 2. The molecule has 3 fully saturated rings. The number of rotatable bonds is 11. The van der Waals surface area contributed by atoms with Gasteiger partial charge in [0.1, 0.15) is 17.5 Å². The first-order valence-corrected chi connectivity index (χ1v) is 20.2. The average Bonchev–Trinajstić information content (AvgIpc) is 3.74. The van der Waals surface area contributed by atoms with Crippen molar-refractivity contribution in [3.8, 4) is 5.75 Å². The maximum Gasteiger partial charge on any atom is 0.274 e. The number of fused-ring (bicyclic) bond motifs is 2. The molecule has 4 heterocycles. The van der Waals surface area contributed by atoms with E-state index in [1.54, 1.807) is 25.3 Å². The third kappa shape index (κ3) is 7.87. The van der Waals surface area contributed by atoms with Crippen molar-refractivity contribution in [1.82, 2.24) is 29.9 Å². The van der Waals surface area contributed by atoms with Gasteiger partial charge in [0, 0.05) is 54.6 Å². The lowest BCUT2D eigenvalue weighted by Crippen LogP contribution is -2.54. The van der Waals surface area contributed by atoms with Crippen LogP contribution < -0.4 is 20.7 Å². The second-order valence-corrected chi connectivity index (χ2v) is 16.2. The number of pyridine rings is 1. The quantitative estimate of drug-likeness (QED) is 0.160. The summed E-state index contributed by atoms with van der Waals surface area (Å²) < 4.78 is 7.72. The van der Waals surface area contributed by atoms with Crippen LogP contribution in [0.25, 0.3) is 10.9 Å². The molecule has 2 saturated carbocycles. The molecular weight excluding hydrogens is 725 g/mol. The van der Waals surface area contributed by atoms with E-state index in [-0.39, 0.29) is 24.7 Å². The SMILES string of the molecule is COc1cc2nn(C3CCC(CN(C)C4CCC(CNc5cccc6c5C(=O)N(C5CCC(=O)NC5=O)C6=O)CC4)CC3)cc2cc1NC(=O)c1cccc(C)n1. The van der Waals surface area contributed by atoms with E-state index in [0.717, 1.165) is 79.4 Å². The largest absolute Gasteiger partial charge is 0.494 e. The van der Waals surface area contributed by atoms with Gasteiger partial charge >= 0.3 is 0 Å². The third-order valence-electron chi connectivity index (χ3n) is 12.4. The van der Waals surface area contributed by atoms with Crippen molar-refractivity contribution in [2.75, 3.05) is 37.9 Å². The molecule has 8 rings (SSSR count). The first kappa shape index (κ1) is 38.3. The molecule has 1 unspecified atom stereocenters. The Balaban J connectivity index is 0.804. The molecule has 5 amide bonds. The summed E-state index contributed by atoms with van der Waals surface area (Å²) in [6.07, 6.45) is 11.1. The number of nitrogens with zero attached hydrogens (tertiary/aromatic N) is 5. The highest BCUT2D eigenvalue weighted by molar-refractivity contribution is 6.25. The van der Waals surface area contributed by atoms with E-state index in [2.05, 4.69) is 43.8 Å². The number of piperidine rings is 1. The number of anilines is 2. The molecule has 14 heteroatoms. The highest BCUT2D eigenvalue weighted by Gasteiger charge is 2.45. The Labute approximate surface area is 331 Å². The number of ether oxygens (including phenoxy) is 1. The molecule has 2 aliphatic heterocycles. The second kappa shape index (κ2) is 16.1. The fourth-order valence-electron chi connectivity index (χ4n) is 9.24. The van der Waals surface area contributed by atoms with Gasteiger partial charge in [-0.05, 0) is 114 Å². The van der Waals surface area contributed by atoms with E-state index < -0.39 is 23.8 Å². The van der Waals surface area contributed by atoms with Crippen LogP contribution in [0.5, 0.6) is 5.75 Å². The van der Waals surface area contributed by atoms with Crippen LogP contribution in [0.4, 0.5) is 11.4 Å². The molecule has 14 nitrogen and oxygen atoms in total. The minimum atomic E-state index is -0.979. The number of benzene rings is 2. The number of amides is 5. The van der Waals surface area contributed by atoms with Crippen molar-refractivity contribution in [1.29, 1.82) is 0 Å². The van der Waals surface area contributed by atoms with Crippen molar-refractivity contribution in [2.24, 2.45) is 11.8 Å². The lowest BCUT2D eigenvalue weighted by molar-refractivity contribution is -0.136. The van der Waals surface area contributed by atoms with Crippen LogP contribution >= 0.6 is 0 Å². The molecule has 4 aromatic rings. The minimum Gasteiger partial charge on any atom is -0.494 e. The summed E-state index contributed by atoms with van der Waals surface area (Å²) in [6.45, 7) is 3.63. The van der Waals surface area contributed by atoms with Gasteiger partial charge < -0.3 is 20.3 Å². The summed E-state index contributed by atoms with van der Waals surface area (Å²) in [4.78, 5) is 71.8. The van der Waals surface area contributed by atoms with Crippen LogP contribution in [0.1, 0.15) is 107 Å². The van der Waals surface area contributed by atoms with Gasteiger partial charge in [0.15, 0.2) is 0 Å². The van der Waals surface area contributed by atoms with Gasteiger partial charge in [-0.2, -0.15) is 5.10 Å². The van der Waals surface area contributed by atoms with E-state index in [4.69, 9.17) is 9.84 Å². The number of methoxy groups -OCH3 is 1. The van der Waals surface area contributed by atoms with Gasteiger partial charge in [-0.15, -0.1) is 0 Å². The summed E-state index contributed by atoms with van der Waals surface area (Å²) >= 11 is 0. The third-order valence-corrected chi connectivity index (χ3v) is 12.4. The zero-order valence-corrected chi connectivity index (χ0v) is 32.8. The first-order chi connectivity index (χ1) is 27.6. The van der Waals surface area contributed by atoms with Gasteiger partial charge in [-0.1, -0.05) is 12.1 Å². The number of aromatic nitrogens is 3. The predicted molar refractivity (Wildman–Crippen MR) is 214 cm³/mol. The summed E-state index contributed by atoms with van der Waals surface area (Å²) in [5.41, 5.74) is 3.76. The number of carbonyl (C=O) groups excluding carboxylic acids is 5. The normalized spacial score (nSPS) is 23.8. The Morgan fingerprint density at radius 1 is 0.912 bits per heavy atom. The fraction of sp³-hybridized carbons (Fsp3) is 0.465. The molecule has 0 radical (unpaired) electrons. The Kier molecular flexibility index (Phi) is 10.8. The van der Waals surface area contributed by atoms with Gasteiger partial charge in [0.25, 0.3) is 17.7 Å². The van der Waals surface area contributed by atoms with E-state index in [1.165, 1.54) is 0 Å². The van der Waals surface area contributed by atoms with Gasteiger partial charge in [0.05, 0.1) is 35.5 Å². The first-order valence-electron chi connectivity index (χ1n) is 20.2. The number of nitrogens with one attached hydrogen (secondary N) is 3. The Hall–Kier alpha value is -5.63. The molecule has 0 spiro atoms. The average molecular weight is 775 g/mol. The zero-order chi connectivity index (χ0) is 39.8. The number of aryl methyl sites for hydroxylation is 1. The van der Waals surface area contributed by atoms with Crippen LogP contribution in [-0.2, 0) is 9.59 Å². The lowest BCUT2D eigenvalue weighted by Gasteiger charge is -2.38. The topological polar surface area (TPSA) is 168 Å². The Bertz CT molecular complexity index is 2220. The van der Waals surface area contributed by atoms with Crippen molar-refractivity contribution in [3.05, 3.63) is 77.2 Å². The van der Waals surface area contributed by atoms with Gasteiger partial charge in [-0.25, -0.2) is 4.98 Å². The molecule has 1 atom stereocenters. The lowest BCUT2D eigenvalue weighted by atomic mass is 9.83. The van der Waals surface area contributed by atoms with Crippen LogP contribution in [0.2, 0.25) is 0 Å². The van der Waals surface area contributed by atoms with E-state index in [9.17, 15) is 24.0 Å². The standard InChI is InChI=1S/C43H50N8O6/c1-25-6-4-9-33(45-25)40(53)46-35-20-28-24-50(48-34(28)21-37(35)57-3)30-16-12-27(13-17-30)23-49(2)29-14-10-26(11-15-29)22-44-32-8-5-7-31-39(32)43(56)51(42(31)55)36-18-19-38(52)47-41(36)54/h4-9,20-21,24,26-27,29-30,36,44H,10-19,22-23H2,1-3H3,(H,46,53)(H,47,52,54). The molecule has 2 aromatic carbocycles. The molecule has 3 N–H and O–H groups in total. The van der Waals surface area contributed by atoms with Crippen LogP contribution in [-0.4, -0.2) is 93.4 Å². The molecule has 2 aromatic heterocycles. The summed E-state index contributed by atoms with van der Waals surface area (Å²) in [5, 5.41) is 14.6. The van der Waals surface area contributed by atoms with Crippen molar-refractivity contribution in [2.45, 2.75) is 89.3 Å². The monoisotopic (exact) mass is 774 g/mol. The number of hydrogen-bond donors (Lipinski definition) is 3. The van der Waals surface area contributed by atoms with Crippen molar-refractivity contribution in [3.63, 3.8) is 0 Å². The van der Waals surface area contributed by atoms with Crippen molar-refractivity contribution < 1.29 is 28.7 Å². The molecular formula is C43H50N8O6. The second-order valence-electron chi connectivity index (χ2n) is 16.2. The fourth-order valence-corrected chi connectivity index (χ4v) is 9.24. The van der Waals surface area contributed by atoms with Crippen LogP contribution in [0.15, 0.2) is 54.7 Å². The van der Waals surface area contributed by atoms with E-state index in [1.807, 2.05) is 37.3 Å². The minimum absolute atomic E-state index is 0.0920. The zero-order valence-electron chi connectivity index (χ0n) is 32.8.